The summed E-state index contributed by atoms with van der Waals surface area (Å²) >= 11 is 0. The number of nitrogens with one attached hydrogen (secondary N) is 1. The number of ether oxygens (including phenoxy) is 1. The fourth-order valence-corrected chi connectivity index (χ4v) is 2.55. The van der Waals surface area contributed by atoms with Gasteiger partial charge in [0, 0.05) is 24.8 Å². The Morgan fingerprint density at radius 2 is 2.09 bits per heavy atom. The maximum absolute atomic E-state index is 5.22. The van der Waals surface area contributed by atoms with Crippen LogP contribution in [0.25, 0.3) is 0 Å². The fourth-order valence-electron chi connectivity index (χ4n) is 2.55. The second kappa shape index (κ2) is 6.60. The monoisotopic (exact) mass is 299 g/mol. The summed E-state index contributed by atoms with van der Waals surface area (Å²) in [5, 5.41) is 11.5. The first-order valence-corrected chi connectivity index (χ1v) is 7.60. The maximum Gasteiger partial charge on any atom is 0.247 e. The minimum atomic E-state index is 0.692. The Morgan fingerprint density at radius 1 is 1.27 bits per heavy atom. The Bertz CT molecular complexity index is 625. The molecule has 3 rings (SSSR count). The molecule has 0 radical (unpaired) electrons. The standard InChI is InChI=1S/C16H21N5O/c1-12-6-8-21(9-7-12)16-19-15(11-17-20-16)18-13-4-3-5-14(10-13)22-2/h3-5,10-12H,6-9H2,1-2H3,(H,18,19,20). The molecule has 0 bridgehead atoms. The lowest BCUT2D eigenvalue weighted by atomic mass is 10.00. The van der Waals surface area contributed by atoms with Gasteiger partial charge < -0.3 is 15.0 Å². The number of benzene rings is 1. The largest absolute Gasteiger partial charge is 0.497 e. The van der Waals surface area contributed by atoms with Gasteiger partial charge in [-0.15, -0.1) is 5.10 Å². The average Bonchev–Trinajstić information content (AvgIpc) is 2.56. The molecule has 1 aliphatic heterocycles. The van der Waals surface area contributed by atoms with E-state index in [0.29, 0.717) is 11.8 Å². The van der Waals surface area contributed by atoms with Crippen molar-refractivity contribution in [1.29, 1.82) is 0 Å². The Labute approximate surface area is 130 Å². The second-order valence-electron chi connectivity index (χ2n) is 5.67. The van der Waals surface area contributed by atoms with Gasteiger partial charge in [-0.2, -0.15) is 10.1 Å². The smallest absolute Gasteiger partial charge is 0.247 e. The fraction of sp³-hybridized carbons (Fsp3) is 0.438. The first kappa shape index (κ1) is 14.6. The lowest BCUT2D eigenvalue weighted by Crippen LogP contribution is -2.34. The third-order valence-corrected chi connectivity index (χ3v) is 3.96. The van der Waals surface area contributed by atoms with Crippen LogP contribution in [0.15, 0.2) is 30.5 Å². The molecule has 6 nitrogen and oxygen atoms in total. The summed E-state index contributed by atoms with van der Waals surface area (Å²) in [6, 6.07) is 7.73. The molecule has 1 aliphatic rings. The molecule has 0 saturated carbocycles. The number of aromatic nitrogens is 3. The van der Waals surface area contributed by atoms with Gasteiger partial charge in [0.15, 0.2) is 5.82 Å². The molecule has 1 aromatic carbocycles. The molecule has 2 heterocycles. The number of methoxy groups -OCH3 is 1. The second-order valence-corrected chi connectivity index (χ2v) is 5.67. The van der Waals surface area contributed by atoms with Crippen LogP contribution in [0.3, 0.4) is 0 Å². The van der Waals surface area contributed by atoms with Crippen molar-refractivity contribution in [2.75, 3.05) is 30.4 Å². The topological polar surface area (TPSA) is 63.2 Å². The molecule has 0 atom stereocenters. The van der Waals surface area contributed by atoms with Crippen molar-refractivity contribution < 1.29 is 4.74 Å². The number of anilines is 3. The predicted octanol–water partition coefficient (Wildman–Crippen LogP) is 2.86. The minimum absolute atomic E-state index is 0.692. The summed E-state index contributed by atoms with van der Waals surface area (Å²) in [5.41, 5.74) is 0.915. The van der Waals surface area contributed by atoms with Crippen molar-refractivity contribution in [3.8, 4) is 5.75 Å². The number of rotatable bonds is 4. The van der Waals surface area contributed by atoms with Crippen molar-refractivity contribution in [3.63, 3.8) is 0 Å². The molecular formula is C16H21N5O. The summed E-state index contributed by atoms with van der Waals surface area (Å²) in [6.45, 7) is 4.27. The molecule has 0 amide bonds. The Balaban J connectivity index is 1.73. The molecule has 1 N–H and O–H groups in total. The Kier molecular flexibility index (Phi) is 4.37. The first-order chi connectivity index (χ1) is 10.7. The van der Waals surface area contributed by atoms with Gasteiger partial charge in [-0.1, -0.05) is 13.0 Å². The van der Waals surface area contributed by atoms with Crippen LogP contribution >= 0.6 is 0 Å². The van der Waals surface area contributed by atoms with Crippen LogP contribution in [0.4, 0.5) is 17.5 Å². The Hall–Kier alpha value is -2.37. The molecule has 116 valence electrons. The number of piperidine rings is 1. The normalized spacial score (nSPS) is 15.6. The number of hydrogen-bond acceptors (Lipinski definition) is 6. The highest BCUT2D eigenvalue weighted by Crippen LogP contribution is 2.22. The van der Waals surface area contributed by atoms with E-state index in [-0.39, 0.29) is 0 Å². The number of hydrogen-bond donors (Lipinski definition) is 1. The highest BCUT2D eigenvalue weighted by atomic mass is 16.5. The lowest BCUT2D eigenvalue weighted by molar-refractivity contribution is 0.415. The highest BCUT2D eigenvalue weighted by Gasteiger charge is 2.18. The van der Waals surface area contributed by atoms with Crippen LogP contribution in [0, 0.1) is 5.92 Å². The van der Waals surface area contributed by atoms with Crippen LogP contribution < -0.4 is 15.0 Å². The molecule has 1 fully saturated rings. The highest BCUT2D eigenvalue weighted by molar-refractivity contribution is 5.58. The summed E-state index contributed by atoms with van der Waals surface area (Å²) in [6.07, 6.45) is 3.99. The first-order valence-electron chi connectivity index (χ1n) is 7.60. The average molecular weight is 299 g/mol. The van der Waals surface area contributed by atoms with Crippen molar-refractivity contribution in [1.82, 2.24) is 15.2 Å². The molecule has 0 unspecified atom stereocenters. The molecule has 22 heavy (non-hydrogen) atoms. The van der Waals surface area contributed by atoms with Crippen LogP contribution in [-0.4, -0.2) is 35.4 Å². The van der Waals surface area contributed by atoms with E-state index in [1.165, 1.54) is 12.8 Å². The molecule has 6 heteroatoms. The third-order valence-electron chi connectivity index (χ3n) is 3.96. The molecule has 0 spiro atoms. The predicted molar refractivity (Wildman–Crippen MR) is 86.7 cm³/mol. The van der Waals surface area contributed by atoms with E-state index in [0.717, 1.165) is 30.4 Å². The van der Waals surface area contributed by atoms with Crippen LogP contribution in [0.2, 0.25) is 0 Å². The Morgan fingerprint density at radius 3 is 2.86 bits per heavy atom. The summed E-state index contributed by atoms with van der Waals surface area (Å²) in [4.78, 5) is 6.77. The SMILES string of the molecule is COc1cccc(Nc2cnnc(N3CCC(C)CC3)n2)c1. The molecule has 2 aromatic rings. The molecule has 1 saturated heterocycles. The van der Waals surface area contributed by atoms with Crippen molar-refractivity contribution in [2.45, 2.75) is 19.8 Å². The zero-order valence-electron chi connectivity index (χ0n) is 13.0. The van der Waals surface area contributed by atoms with Gasteiger partial charge in [-0.25, -0.2) is 0 Å². The molecule has 0 aliphatic carbocycles. The van der Waals surface area contributed by atoms with E-state index in [4.69, 9.17) is 4.74 Å². The van der Waals surface area contributed by atoms with Crippen LogP contribution in [0.1, 0.15) is 19.8 Å². The van der Waals surface area contributed by atoms with Crippen molar-refractivity contribution in [3.05, 3.63) is 30.5 Å². The summed E-state index contributed by atoms with van der Waals surface area (Å²) in [7, 11) is 1.65. The van der Waals surface area contributed by atoms with Gasteiger partial charge in [-0.05, 0) is 30.9 Å². The van der Waals surface area contributed by atoms with Gasteiger partial charge in [-0.3, -0.25) is 0 Å². The van der Waals surface area contributed by atoms with Crippen molar-refractivity contribution in [2.24, 2.45) is 5.92 Å². The van der Waals surface area contributed by atoms with Crippen LogP contribution in [-0.2, 0) is 0 Å². The minimum Gasteiger partial charge on any atom is -0.497 e. The maximum atomic E-state index is 5.22. The zero-order valence-corrected chi connectivity index (χ0v) is 13.0. The van der Waals surface area contributed by atoms with Crippen molar-refractivity contribution >= 4 is 17.5 Å². The summed E-state index contributed by atoms with van der Waals surface area (Å²) in [5.74, 6) is 2.97. The van der Waals surface area contributed by atoms with Gasteiger partial charge in [0.2, 0.25) is 5.95 Å². The van der Waals surface area contributed by atoms with Crippen LogP contribution in [0.5, 0.6) is 5.75 Å². The molecule has 1 aromatic heterocycles. The van der Waals surface area contributed by atoms with E-state index < -0.39 is 0 Å². The van der Waals surface area contributed by atoms with E-state index in [1.54, 1.807) is 13.3 Å². The third kappa shape index (κ3) is 3.44. The van der Waals surface area contributed by atoms with Gasteiger partial charge in [0.25, 0.3) is 0 Å². The van der Waals surface area contributed by atoms with E-state index in [2.05, 4.69) is 32.3 Å². The molecular weight excluding hydrogens is 278 g/mol. The van der Waals surface area contributed by atoms with Gasteiger partial charge >= 0.3 is 0 Å². The summed E-state index contributed by atoms with van der Waals surface area (Å²) < 4.78 is 5.22. The number of nitrogens with zero attached hydrogens (tertiary/aromatic N) is 4. The quantitative estimate of drug-likeness (QED) is 0.936. The zero-order chi connectivity index (χ0) is 15.4. The van der Waals surface area contributed by atoms with E-state index in [9.17, 15) is 0 Å². The van der Waals surface area contributed by atoms with E-state index in [1.807, 2.05) is 24.3 Å². The van der Waals surface area contributed by atoms with Gasteiger partial charge in [0.1, 0.15) is 5.75 Å². The van der Waals surface area contributed by atoms with Gasteiger partial charge in [0.05, 0.1) is 13.3 Å². The van der Waals surface area contributed by atoms with E-state index >= 15 is 0 Å². The lowest BCUT2D eigenvalue weighted by Gasteiger charge is -2.29.